The van der Waals surface area contributed by atoms with E-state index in [0.717, 1.165) is 12.8 Å². The van der Waals surface area contributed by atoms with Crippen molar-refractivity contribution in [1.82, 2.24) is 4.90 Å². The second-order valence-corrected chi connectivity index (χ2v) is 7.19. The van der Waals surface area contributed by atoms with Gasteiger partial charge in [-0.1, -0.05) is 6.92 Å². The van der Waals surface area contributed by atoms with Gasteiger partial charge < -0.3 is 4.74 Å². The van der Waals surface area contributed by atoms with Crippen LogP contribution in [0.4, 0.5) is 0 Å². The average Bonchev–Trinajstić information content (AvgIpc) is 2.82. The van der Waals surface area contributed by atoms with Crippen LogP contribution >= 0.6 is 0 Å². The molecule has 3 unspecified atom stereocenters. The summed E-state index contributed by atoms with van der Waals surface area (Å²) in [6.45, 7) is 7.14. The lowest BCUT2D eigenvalue weighted by Crippen LogP contribution is -2.49. The van der Waals surface area contributed by atoms with Crippen molar-refractivity contribution < 1.29 is 14.3 Å². The van der Waals surface area contributed by atoms with Gasteiger partial charge >= 0.3 is 0 Å². The number of ether oxygens (including phenoxy) is 1. The van der Waals surface area contributed by atoms with Gasteiger partial charge in [0, 0.05) is 24.5 Å². The molecule has 6 nitrogen and oxygen atoms in total. The number of hydrogen-bond donors (Lipinski definition) is 0. The molecule has 2 rings (SSSR count). The van der Waals surface area contributed by atoms with Gasteiger partial charge in [0.05, 0.1) is 6.10 Å². The Morgan fingerprint density at radius 1 is 1.22 bits per heavy atom. The second-order valence-electron chi connectivity index (χ2n) is 7.19. The zero-order valence-electron chi connectivity index (χ0n) is 14.6. The van der Waals surface area contributed by atoms with Crippen LogP contribution in [0.2, 0.25) is 0 Å². The first-order valence-electron chi connectivity index (χ1n) is 8.63. The molecule has 2 bridgehead atoms. The van der Waals surface area contributed by atoms with Crippen molar-refractivity contribution in [1.29, 1.82) is 0 Å². The Labute approximate surface area is 137 Å². The highest BCUT2D eigenvalue weighted by Gasteiger charge is 2.44. The van der Waals surface area contributed by atoms with Gasteiger partial charge in [0.15, 0.2) is 11.6 Å². The number of nitrogens with zero attached hydrogens (tertiary/aromatic N) is 2. The summed E-state index contributed by atoms with van der Waals surface area (Å²) in [7, 11) is 0. The van der Waals surface area contributed by atoms with Crippen LogP contribution in [-0.4, -0.2) is 52.8 Å². The van der Waals surface area contributed by atoms with Crippen LogP contribution in [0, 0.1) is 4.91 Å². The average molecular weight is 324 g/mol. The molecule has 0 aromatic heterocycles. The molecule has 2 aliphatic rings. The quantitative estimate of drug-likeness (QED) is 0.506. The Morgan fingerprint density at radius 2 is 1.78 bits per heavy atom. The first-order chi connectivity index (χ1) is 10.8. The van der Waals surface area contributed by atoms with E-state index in [1.54, 1.807) is 6.92 Å². The van der Waals surface area contributed by atoms with E-state index < -0.39 is 17.1 Å². The van der Waals surface area contributed by atoms with Gasteiger partial charge in [0.25, 0.3) is 0 Å². The van der Waals surface area contributed by atoms with Crippen molar-refractivity contribution >= 4 is 11.6 Å². The number of Topliss-reactive ketones (excluding diaryl/α,β-unsaturated/α-hetero) is 2. The lowest BCUT2D eigenvalue weighted by atomic mass is 9.91. The summed E-state index contributed by atoms with van der Waals surface area (Å²) in [6, 6.07) is 1.56. The molecular weight excluding hydrogens is 296 g/mol. The molecule has 130 valence electrons. The lowest BCUT2D eigenvalue weighted by molar-refractivity contribution is -0.139. The van der Waals surface area contributed by atoms with Gasteiger partial charge in [-0.15, -0.1) is 4.91 Å². The fourth-order valence-corrected chi connectivity index (χ4v) is 4.08. The van der Waals surface area contributed by atoms with Crippen molar-refractivity contribution in [3.05, 3.63) is 4.91 Å². The summed E-state index contributed by atoms with van der Waals surface area (Å²) >= 11 is 0. The fourth-order valence-electron chi connectivity index (χ4n) is 4.08. The van der Waals surface area contributed by atoms with E-state index in [-0.39, 0.29) is 19.1 Å². The van der Waals surface area contributed by atoms with E-state index in [1.165, 1.54) is 19.8 Å². The highest BCUT2D eigenvalue weighted by atomic mass is 16.5. The van der Waals surface area contributed by atoms with Gasteiger partial charge in [-0.3, -0.25) is 14.5 Å². The maximum Gasteiger partial charge on any atom is 0.217 e. The topological polar surface area (TPSA) is 76.0 Å². The zero-order valence-corrected chi connectivity index (χ0v) is 14.6. The highest BCUT2D eigenvalue weighted by Crippen LogP contribution is 2.38. The SMILES string of the molecule is CCC(=O)C(C)(N=O)C(=O)COC1CC2CCC(C1)N2C(C)C. The van der Waals surface area contributed by atoms with Crippen LogP contribution in [0.25, 0.3) is 0 Å². The third kappa shape index (κ3) is 3.53. The summed E-state index contributed by atoms with van der Waals surface area (Å²) in [5, 5.41) is 2.79. The molecule has 0 saturated carbocycles. The summed E-state index contributed by atoms with van der Waals surface area (Å²) in [6.07, 6.45) is 4.32. The highest BCUT2D eigenvalue weighted by molar-refractivity contribution is 6.11. The minimum atomic E-state index is -1.80. The normalized spacial score (nSPS) is 30.2. The number of fused-ring (bicyclic) bond motifs is 2. The van der Waals surface area contributed by atoms with Crippen LogP contribution in [0.3, 0.4) is 0 Å². The number of carbonyl (C=O) groups excluding carboxylic acids is 2. The minimum absolute atomic E-state index is 0.0269. The van der Waals surface area contributed by atoms with E-state index in [1.807, 2.05) is 0 Å². The summed E-state index contributed by atoms with van der Waals surface area (Å²) < 4.78 is 5.77. The second kappa shape index (κ2) is 7.18. The van der Waals surface area contributed by atoms with Gasteiger partial charge in [0.1, 0.15) is 6.61 Å². The summed E-state index contributed by atoms with van der Waals surface area (Å²) in [4.78, 5) is 37.6. The zero-order chi connectivity index (χ0) is 17.2. The Balaban J connectivity index is 1.91. The Kier molecular flexibility index (Phi) is 5.68. The minimum Gasteiger partial charge on any atom is -0.370 e. The van der Waals surface area contributed by atoms with Crippen molar-refractivity contribution in [2.24, 2.45) is 5.18 Å². The first kappa shape index (κ1) is 18.2. The summed E-state index contributed by atoms with van der Waals surface area (Å²) in [5.74, 6) is -0.978. The molecule has 0 aliphatic carbocycles. The van der Waals surface area contributed by atoms with E-state index >= 15 is 0 Å². The molecule has 2 heterocycles. The Hall–Kier alpha value is -1.14. The third-order valence-corrected chi connectivity index (χ3v) is 5.38. The van der Waals surface area contributed by atoms with Crippen molar-refractivity contribution in [3.63, 3.8) is 0 Å². The number of ketones is 2. The number of hydrogen-bond acceptors (Lipinski definition) is 6. The molecule has 0 amide bonds. The molecule has 0 N–H and O–H groups in total. The maximum atomic E-state index is 12.2. The van der Waals surface area contributed by atoms with Gasteiger partial charge in [0.2, 0.25) is 5.54 Å². The Morgan fingerprint density at radius 3 is 2.22 bits per heavy atom. The van der Waals surface area contributed by atoms with E-state index in [0.29, 0.717) is 18.1 Å². The number of nitroso groups, excluding NO2 is 1. The molecule has 0 radical (unpaired) electrons. The molecule has 2 saturated heterocycles. The molecular formula is C17H28N2O4. The van der Waals surface area contributed by atoms with Crippen LogP contribution < -0.4 is 0 Å². The predicted molar refractivity (Wildman–Crippen MR) is 87.3 cm³/mol. The maximum absolute atomic E-state index is 12.2. The molecule has 3 atom stereocenters. The van der Waals surface area contributed by atoms with E-state index in [4.69, 9.17) is 4.74 Å². The van der Waals surface area contributed by atoms with Gasteiger partial charge in [-0.25, -0.2) is 0 Å². The van der Waals surface area contributed by atoms with E-state index in [2.05, 4.69) is 23.9 Å². The molecule has 2 fully saturated rings. The predicted octanol–water partition coefficient (Wildman–Crippen LogP) is 2.48. The Bertz CT molecular complexity index is 465. The number of piperidine rings is 1. The molecule has 6 heteroatoms. The van der Waals surface area contributed by atoms with Gasteiger partial charge in [-0.2, -0.15) is 0 Å². The molecule has 0 spiro atoms. The van der Waals surface area contributed by atoms with Crippen molar-refractivity contribution in [3.8, 4) is 0 Å². The molecule has 0 aromatic carbocycles. The molecule has 2 aliphatic heterocycles. The van der Waals surface area contributed by atoms with Crippen LogP contribution in [0.5, 0.6) is 0 Å². The van der Waals surface area contributed by atoms with Gasteiger partial charge in [-0.05, 0) is 51.6 Å². The van der Waals surface area contributed by atoms with Crippen LogP contribution in [0.1, 0.15) is 59.8 Å². The number of carbonyl (C=O) groups is 2. The monoisotopic (exact) mass is 324 g/mol. The lowest BCUT2D eigenvalue weighted by Gasteiger charge is -2.41. The smallest absolute Gasteiger partial charge is 0.217 e. The van der Waals surface area contributed by atoms with Crippen molar-refractivity contribution in [2.75, 3.05) is 6.61 Å². The molecule has 0 aromatic rings. The van der Waals surface area contributed by atoms with E-state index in [9.17, 15) is 14.5 Å². The first-order valence-corrected chi connectivity index (χ1v) is 8.63. The largest absolute Gasteiger partial charge is 0.370 e. The molecule has 23 heavy (non-hydrogen) atoms. The standard InChI is InChI=1S/C17H28N2O4/c1-5-15(20)17(4,18-22)16(21)10-23-14-8-12-6-7-13(9-14)19(12)11(2)3/h11-14H,5-10H2,1-4H3. The van der Waals surface area contributed by atoms with Crippen molar-refractivity contribution in [2.45, 2.75) is 89.6 Å². The fraction of sp³-hybridized carbons (Fsp3) is 0.882. The number of rotatable bonds is 8. The third-order valence-electron chi connectivity index (χ3n) is 5.38. The van der Waals surface area contributed by atoms with Crippen LogP contribution in [0.15, 0.2) is 5.18 Å². The summed E-state index contributed by atoms with van der Waals surface area (Å²) in [5.41, 5.74) is -1.80. The van der Waals surface area contributed by atoms with Crippen LogP contribution in [-0.2, 0) is 14.3 Å².